The van der Waals surface area contributed by atoms with Gasteiger partial charge in [-0.2, -0.15) is 0 Å². The van der Waals surface area contributed by atoms with Crippen LogP contribution in [0, 0.1) is 0 Å². The van der Waals surface area contributed by atoms with E-state index in [4.69, 9.17) is 38.1 Å². The summed E-state index contributed by atoms with van der Waals surface area (Å²) >= 11 is 4.48. The van der Waals surface area contributed by atoms with Crippen molar-refractivity contribution in [1.29, 1.82) is 0 Å². The smallest absolute Gasteiger partial charge is 0.325 e. The van der Waals surface area contributed by atoms with Crippen molar-refractivity contribution in [2.45, 2.75) is 143 Å². The van der Waals surface area contributed by atoms with Crippen molar-refractivity contribution in [3.8, 4) is 0 Å². The van der Waals surface area contributed by atoms with E-state index in [1.807, 2.05) is 20.8 Å². The first-order valence-electron chi connectivity index (χ1n) is 35.2. The van der Waals surface area contributed by atoms with E-state index in [1.54, 1.807) is 129 Å². The molecule has 0 aliphatic rings. The summed E-state index contributed by atoms with van der Waals surface area (Å²) in [5.74, 6) is -5.95. The van der Waals surface area contributed by atoms with Crippen molar-refractivity contribution in [3.05, 3.63) is 149 Å². The van der Waals surface area contributed by atoms with E-state index in [2.05, 4.69) is 53.2 Å². The second kappa shape index (κ2) is 57.8. The normalized spacial score (nSPS) is 10.8. The first-order chi connectivity index (χ1) is 53.7. The Kier molecular flexibility index (Phi) is 51.1. The Bertz CT molecular complexity index is 4050. The molecule has 0 unspecified atom stereocenters. The number of rotatable bonds is 36. The van der Waals surface area contributed by atoms with Crippen LogP contribution in [-0.2, 0) is 43.0 Å². The SMILES string of the molecule is CCCCNC(=O)Sc1ccccc1C(=O)NCCC(N)=O.CCCCNC(=O)Sc1ccccc1C(=O)N[C@H](C)C(N)=O.CCNC(=O)Sc1ccccc1C(=O)N[C@H](C)C(N)=O.CCOC(=O)CCNC(=O)Sc1ccccc1C(=O)NCCC(N)=O.CCOC(=O)CNC(=O)Sc1ccccc1C(=O)N[C@@H](C)C(N)=O. The Morgan fingerprint density at radius 3 is 0.850 bits per heavy atom. The van der Waals surface area contributed by atoms with Crippen LogP contribution in [0.15, 0.2) is 146 Å². The number of nitrogens with one attached hydrogen (secondary N) is 10. The van der Waals surface area contributed by atoms with Crippen LogP contribution in [0.25, 0.3) is 0 Å². The molecule has 39 heteroatoms. The number of carbonyl (C=O) groups is 17. The molecule has 0 aromatic heterocycles. The molecule has 34 nitrogen and oxygen atoms in total. The number of unbranched alkanes of at least 4 members (excludes halogenated alkanes) is 2. The Morgan fingerprint density at radius 2 is 0.575 bits per heavy atom. The molecule has 0 aliphatic carbocycles. The topological polar surface area (TPSA) is 559 Å². The summed E-state index contributed by atoms with van der Waals surface area (Å²) in [6.07, 6.45) is 4.02. The highest BCUT2D eigenvalue weighted by Crippen LogP contribution is 2.28. The van der Waals surface area contributed by atoms with Gasteiger partial charge in [0.1, 0.15) is 24.7 Å². The molecule has 113 heavy (non-hydrogen) atoms. The van der Waals surface area contributed by atoms with Crippen molar-refractivity contribution in [2.75, 3.05) is 59.0 Å². The lowest BCUT2D eigenvalue weighted by molar-refractivity contribution is -0.143. The molecule has 614 valence electrons. The molecule has 0 radical (unpaired) electrons. The van der Waals surface area contributed by atoms with Crippen LogP contribution in [-0.4, -0.2) is 174 Å². The van der Waals surface area contributed by atoms with Gasteiger partial charge >= 0.3 is 11.9 Å². The maximum absolute atomic E-state index is 12.2. The van der Waals surface area contributed by atoms with Crippen LogP contribution in [0.2, 0.25) is 0 Å². The third-order valence-corrected chi connectivity index (χ3v) is 18.3. The maximum atomic E-state index is 12.2. The molecule has 0 aliphatic heterocycles. The molecule has 0 fully saturated rings. The summed E-state index contributed by atoms with van der Waals surface area (Å²) < 4.78 is 9.46. The number of thioether (sulfide) groups is 5. The molecular formula is C74H99N15O19S5. The number of primary amides is 5. The number of amides is 15. The van der Waals surface area contributed by atoms with Crippen LogP contribution in [0.5, 0.6) is 0 Å². The molecular weight excluding hydrogens is 1560 g/mol. The number of carbonyl (C=O) groups excluding carboxylic acids is 17. The standard InChI is InChI=1S/C16H21N3O5S.C15H19N3O5S.2C15H21N3O3S.C13H17N3O3S/c1-2-24-14(21)8-10-19-16(23)25-12-6-4-3-5-11(12)15(22)18-9-7-13(17)20;1-3-23-12(19)8-17-15(22)24-11-7-5-4-6-10(11)14(21)18-9(2)13(16)20;1-3-4-9-17-15(21)22-12-8-6-5-7-11(12)14(20)18-10(2)13(16)19;1-2-3-9-18-15(21)22-12-7-5-4-6-11(12)14(20)17-10-8-13(16)19;1-3-15-13(19)20-10-7-5-4-6-9(10)12(18)16-8(2)11(14)17/h3-6H,2,7-10H2,1H3,(H2,17,20)(H,18,22)(H,19,23);4-7,9H,3,8H2,1-2H3,(H2,16,20)(H,17,22)(H,18,21);5-8,10H,3-4,9H2,1-2H3,(H2,16,19)(H,17,21)(H,18,20);4-7H,2-3,8-10H2,1H3,(H2,16,19)(H,17,20)(H,18,21);4-8H,3H2,1-2H3,(H2,14,17)(H,15,19)(H,16,18)/t;9-;10-;;8-/m.01.1/s1. The van der Waals surface area contributed by atoms with E-state index < -0.39 is 82.5 Å². The summed E-state index contributed by atoms with van der Waals surface area (Å²) in [4.78, 5) is 199. The van der Waals surface area contributed by atoms with Crippen LogP contribution < -0.4 is 81.8 Å². The number of ether oxygens (including phenoxy) is 2. The van der Waals surface area contributed by atoms with Gasteiger partial charge in [0, 0.05) is 76.6 Å². The van der Waals surface area contributed by atoms with Gasteiger partial charge in [0.15, 0.2) is 0 Å². The van der Waals surface area contributed by atoms with Crippen LogP contribution >= 0.6 is 58.8 Å². The molecule has 0 saturated carbocycles. The molecule has 3 atom stereocenters. The van der Waals surface area contributed by atoms with E-state index in [0.717, 1.165) is 84.5 Å². The number of hydrogen-bond acceptors (Lipinski definition) is 24. The quantitative estimate of drug-likeness (QED) is 0.0114. The first kappa shape index (κ1) is 99.8. The van der Waals surface area contributed by atoms with Crippen molar-refractivity contribution >= 4 is 156 Å². The highest BCUT2D eigenvalue weighted by atomic mass is 32.2. The third kappa shape index (κ3) is 43.9. The zero-order chi connectivity index (χ0) is 84.8. The maximum Gasteiger partial charge on any atom is 0.325 e. The fraction of sp³-hybridized carbons (Fsp3) is 0.365. The van der Waals surface area contributed by atoms with E-state index >= 15 is 0 Å². The molecule has 0 heterocycles. The van der Waals surface area contributed by atoms with Gasteiger partial charge in [-0.1, -0.05) is 87.4 Å². The van der Waals surface area contributed by atoms with Crippen molar-refractivity contribution < 1.29 is 91.0 Å². The van der Waals surface area contributed by atoms with Gasteiger partial charge in [0.25, 0.3) is 55.7 Å². The van der Waals surface area contributed by atoms with Gasteiger partial charge in [-0.15, -0.1) is 0 Å². The highest BCUT2D eigenvalue weighted by molar-refractivity contribution is 8.14. The molecule has 5 rings (SSSR count). The predicted molar refractivity (Wildman–Crippen MR) is 433 cm³/mol. The van der Waals surface area contributed by atoms with Gasteiger partial charge in [-0.3, -0.25) is 81.5 Å². The summed E-state index contributed by atoms with van der Waals surface area (Å²) in [6, 6.07) is 30.8. The van der Waals surface area contributed by atoms with E-state index in [9.17, 15) is 81.5 Å². The minimum absolute atomic E-state index is 0.0371. The first-order valence-corrected chi connectivity index (χ1v) is 39.3. The molecule has 5 aromatic carbocycles. The molecule has 0 bridgehead atoms. The summed E-state index contributed by atoms with van der Waals surface area (Å²) in [5, 5.41) is 24.2. The molecule has 15 amide bonds. The lowest BCUT2D eigenvalue weighted by atomic mass is 10.2. The number of nitrogens with two attached hydrogens (primary N) is 5. The van der Waals surface area contributed by atoms with Crippen molar-refractivity contribution in [1.82, 2.24) is 53.2 Å². The van der Waals surface area contributed by atoms with Crippen LogP contribution in [0.4, 0.5) is 24.0 Å². The van der Waals surface area contributed by atoms with Gasteiger partial charge in [-0.25, -0.2) is 0 Å². The van der Waals surface area contributed by atoms with Gasteiger partial charge in [0.05, 0.1) is 47.5 Å². The fourth-order valence-electron chi connectivity index (χ4n) is 7.96. The summed E-state index contributed by atoms with van der Waals surface area (Å²) in [7, 11) is 0. The Morgan fingerprint density at radius 1 is 0.319 bits per heavy atom. The fourth-order valence-corrected chi connectivity index (χ4v) is 11.9. The minimum atomic E-state index is -0.840. The number of hydrogen-bond donors (Lipinski definition) is 15. The van der Waals surface area contributed by atoms with Gasteiger partial charge in [0.2, 0.25) is 29.5 Å². The molecule has 0 saturated heterocycles. The lowest BCUT2D eigenvalue weighted by Gasteiger charge is -2.12. The van der Waals surface area contributed by atoms with Gasteiger partial charge < -0.3 is 91.3 Å². The second-order valence-electron chi connectivity index (χ2n) is 22.9. The Hall–Kier alpha value is -11.2. The summed E-state index contributed by atoms with van der Waals surface area (Å²) in [6.45, 7) is 16.2. The predicted octanol–water partition coefficient (Wildman–Crippen LogP) is 6.60. The van der Waals surface area contributed by atoms with E-state index in [-0.39, 0.29) is 90.4 Å². The number of esters is 2. The molecule has 0 spiro atoms. The van der Waals surface area contributed by atoms with Crippen molar-refractivity contribution in [3.63, 3.8) is 0 Å². The monoisotopic (exact) mass is 1660 g/mol. The van der Waals surface area contributed by atoms with Crippen molar-refractivity contribution in [2.24, 2.45) is 28.7 Å². The second-order valence-corrected chi connectivity index (χ2v) is 28.0. The minimum Gasteiger partial charge on any atom is -0.466 e. The largest absolute Gasteiger partial charge is 0.466 e. The zero-order valence-corrected chi connectivity index (χ0v) is 67.9. The number of benzene rings is 5. The van der Waals surface area contributed by atoms with Crippen LogP contribution in [0.1, 0.15) is 152 Å². The Labute approximate surface area is 676 Å². The average molecular weight is 1660 g/mol. The van der Waals surface area contributed by atoms with Gasteiger partial charge in [-0.05, 0) is 174 Å². The lowest BCUT2D eigenvalue weighted by Crippen LogP contribution is -2.42. The highest BCUT2D eigenvalue weighted by Gasteiger charge is 2.23. The van der Waals surface area contributed by atoms with E-state index in [0.29, 0.717) is 73.0 Å². The van der Waals surface area contributed by atoms with Crippen LogP contribution in [0.3, 0.4) is 0 Å². The zero-order valence-electron chi connectivity index (χ0n) is 63.8. The van der Waals surface area contributed by atoms with E-state index in [1.165, 1.54) is 26.8 Å². The molecule has 5 aromatic rings. The average Bonchev–Trinajstić information content (AvgIpc) is 0.516. The molecule has 20 N–H and O–H groups in total. The summed E-state index contributed by atoms with van der Waals surface area (Å²) in [5.41, 5.74) is 27.0. The third-order valence-electron chi connectivity index (χ3n) is 13.8. The Balaban J connectivity index is 0.000000708.